The molecule has 1 atom stereocenters. The van der Waals surface area contributed by atoms with E-state index in [0.29, 0.717) is 0 Å². The third kappa shape index (κ3) is 3.24. The van der Waals surface area contributed by atoms with E-state index < -0.39 is 0 Å². The van der Waals surface area contributed by atoms with E-state index in [1.807, 2.05) is 12.1 Å². The van der Waals surface area contributed by atoms with Crippen molar-refractivity contribution in [1.29, 1.82) is 0 Å². The van der Waals surface area contributed by atoms with Crippen molar-refractivity contribution >= 4 is 0 Å². The number of aryl methyl sites for hydroxylation is 1. The molecule has 1 aliphatic rings. The van der Waals surface area contributed by atoms with Crippen LogP contribution >= 0.6 is 0 Å². The van der Waals surface area contributed by atoms with E-state index in [-0.39, 0.29) is 0 Å². The van der Waals surface area contributed by atoms with Crippen molar-refractivity contribution in [1.82, 2.24) is 5.32 Å². The Morgan fingerprint density at radius 2 is 2.25 bits per heavy atom. The van der Waals surface area contributed by atoms with Gasteiger partial charge in [0.2, 0.25) is 0 Å². The number of benzene rings is 1. The lowest BCUT2D eigenvalue weighted by molar-refractivity contribution is 0.253. The first kappa shape index (κ1) is 11.5. The van der Waals surface area contributed by atoms with Gasteiger partial charge in [0.05, 0.1) is 6.61 Å². The van der Waals surface area contributed by atoms with E-state index in [4.69, 9.17) is 4.74 Å². The molecule has 1 aromatic rings. The molecule has 1 unspecified atom stereocenters. The van der Waals surface area contributed by atoms with Crippen molar-refractivity contribution in [3.8, 4) is 5.75 Å². The predicted molar refractivity (Wildman–Crippen MR) is 66.9 cm³/mol. The van der Waals surface area contributed by atoms with Crippen LogP contribution in [0.15, 0.2) is 24.3 Å². The van der Waals surface area contributed by atoms with E-state index in [1.54, 1.807) is 0 Å². The Labute approximate surface area is 98.0 Å². The summed E-state index contributed by atoms with van der Waals surface area (Å²) in [6.45, 7) is 5.29. The third-order valence-corrected chi connectivity index (χ3v) is 3.28. The van der Waals surface area contributed by atoms with E-state index in [0.717, 1.165) is 24.8 Å². The molecule has 1 aliphatic heterocycles. The number of rotatable bonds is 4. The average Bonchev–Trinajstić information content (AvgIpc) is 2.33. The molecule has 0 saturated carbocycles. The van der Waals surface area contributed by atoms with Crippen LogP contribution in [0, 0.1) is 12.8 Å². The minimum Gasteiger partial charge on any atom is -0.493 e. The summed E-state index contributed by atoms with van der Waals surface area (Å²) >= 11 is 0. The quantitative estimate of drug-likeness (QED) is 0.840. The van der Waals surface area contributed by atoms with Crippen molar-refractivity contribution in [2.75, 3.05) is 19.7 Å². The number of piperidine rings is 1. The zero-order valence-corrected chi connectivity index (χ0v) is 10.0. The molecule has 2 nitrogen and oxygen atoms in total. The summed E-state index contributed by atoms with van der Waals surface area (Å²) in [6.07, 6.45) is 3.83. The van der Waals surface area contributed by atoms with Crippen molar-refractivity contribution in [2.24, 2.45) is 5.92 Å². The van der Waals surface area contributed by atoms with Gasteiger partial charge in [-0.25, -0.2) is 0 Å². The molecular formula is C14H21NO. The van der Waals surface area contributed by atoms with Crippen molar-refractivity contribution in [3.05, 3.63) is 29.8 Å². The molecule has 2 heteroatoms. The molecule has 2 rings (SSSR count). The van der Waals surface area contributed by atoms with Crippen LogP contribution in [0.25, 0.3) is 0 Å². The minimum absolute atomic E-state index is 0.803. The average molecular weight is 219 g/mol. The molecule has 0 aromatic heterocycles. The van der Waals surface area contributed by atoms with Crippen molar-refractivity contribution < 1.29 is 4.74 Å². The van der Waals surface area contributed by atoms with Gasteiger partial charge in [-0.2, -0.15) is 0 Å². The molecule has 0 spiro atoms. The Morgan fingerprint density at radius 1 is 1.38 bits per heavy atom. The summed E-state index contributed by atoms with van der Waals surface area (Å²) < 4.78 is 5.81. The molecule has 1 saturated heterocycles. The van der Waals surface area contributed by atoms with Crippen LogP contribution < -0.4 is 10.1 Å². The molecule has 1 fully saturated rings. The van der Waals surface area contributed by atoms with Crippen LogP contribution in [0.3, 0.4) is 0 Å². The van der Waals surface area contributed by atoms with Gasteiger partial charge in [0.25, 0.3) is 0 Å². The molecule has 1 aromatic carbocycles. The molecule has 0 radical (unpaired) electrons. The SMILES string of the molecule is Cc1ccccc1OCCC1CCCNC1. The van der Waals surface area contributed by atoms with Gasteiger partial charge in [-0.1, -0.05) is 18.2 Å². The topological polar surface area (TPSA) is 21.3 Å². The molecule has 1 N–H and O–H groups in total. The first-order valence-corrected chi connectivity index (χ1v) is 6.25. The fraction of sp³-hybridized carbons (Fsp3) is 0.571. The van der Waals surface area contributed by atoms with E-state index >= 15 is 0 Å². The van der Waals surface area contributed by atoms with E-state index in [1.165, 1.54) is 31.4 Å². The van der Waals surface area contributed by atoms with Crippen molar-refractivity contribution in [3.63, 3.8) is 0 Å². The number of hydrogen-bond acceptors (Lipinski definition) is 2. The Bertz CT molecular complexity index is 318. The molecule has 0 bridgehead atoms. The second-order valence-corrected chi connectivity index (χ2v) is 4.62. The summed E-state index contributed by atoms with van der Waals surface area (Å²) in [4.78, 5) is 0. The zero-order valence-electron chi connectivity index (χ0n) is 10.0. The molecule has 88 valence electrons. The molecular weight excluding hydrogens is 198 g/mol. The lowest BCUT2D eigenvalue weighted by Crippen LogP contribution is -2.30. The van der Waals surface area contributed by atoms with Gasteiger partial charge in [-0.3, -0.25) is 0 Å². The lowest BCUT2D eigenvalue weighted by Gasteiger charge is -2.22. The third-order valence-electron chi connectivity index (χ3n) is 3.28. The fourth-order valence-corrected chi connectivity index (χ4v) is 2.22. The van der Waals surface area contributed by atoms with Gasteiger partial charge in [0, 0.05) is 0 Å². The number of ether oxygens (including phenoxy) is 1. The highest BCUT2D eigenvalue weighted by Gasteiger charge is 2.12. The van der Waals surface area contributed by atoms with Gasteiger partial charge >= 0.3 is 0 Å². The minimum atomic E-state index is 0.803. The molecule has 0 aliphatic carbocycles. The summed E-state index contributed by atoms with van der Waals surface area (Å²) in [7, 11) is 0. The summed E-state index contributed by atoms with van der Waals surface area (Å²) in [5, 5.41) is 3.44. The highest BCUT2D eigenvalue weighted by molar-refractivity contribution is 5.31. The molecule has 1 heterocycles. The standard InChI is InChI=1S/C14H21NO/c1-12-5-2-3-7-14(12)16-10-8-13-6-4-9-15-11-13/h2-3,5,7,13,15H,4,6,8-11H2,1H3. The second-order valence-electron chi connectivity index (χ2n) is 4.62. The summed E-state index contributed by atoms with van der Waals surface area (Å²) in [6, 6.07) is 8.23. The van der Waals surface area contributed by atoms with E-state index in [9.17, 15) is 0 Å². The van der Waals surface area contributed by atoms with Gasteiger partial charge < -0.3 is 10.1 Å². The van der Waals surface area contributed by atoms with Crippen LogP contribution in [0.1, 0.15) is 24.8 Å². The highest BCUT2D eigenvalue weighted by atomic mass is 16.5. The van der Waals surface area contributed by atoms with E-state index in [2.05, 4.69) is 24.4 Å². The Kier molecular flexibility index (Phi) is 4.23. The van der Waals surface area contributed by atoms with Gasteiger partial charge in [-0.15, -0.1) is 0 Å². The predicted octanol–water partition coefficient (Wildman–Crippen LogP) is 2.76. The van der Waals surface area contributed by atoms with Crippen LogP contribution in [0.4, 0.5) is 0 Å². The first-order chi connectivity index (χ1) is 7.86. The normalized spacial score (nSPS) is 20.7. The van der Waals surface area contributed by atoms with Crippen LogP contribution in [-0.4, -0.2) is 19.7 Å². The Hall–Kier alpha value is -1.02. The fourth-order valence-electron chi connectivity index (χ4n) is 2.22. The zero-order chi connectivity index (χ0) is 11.2. The number of hydrogen-bond donors (Lipinski definition) is 1. The monoisotopic (exact) mass is 219 g/mol. The largest absolute Gasteiger partial charge is 0.493 e. The van der Waals surface area contributed by atoms with Crippen LogP contribution in [-0.2, 0) is 0 Å². The summed E-state index contributed by atoms with van der Waals surface area (Å²) in [5.74, 6) is 1.84. The number of para-hydroxylation sites is 1. The van der Waals surface area contributed by atoms with Crippen molar-refractivity contribution in [2.45, 2.75) is 26.2 Å². The second kappa shape index (κ2) is 5.90. The lowest BCUT2D eigenvalue weighted by atomic mass is 9.97. The Balaban J connectivity index is 1.73. The summed E-state index contributed by atoms with van der Waals surface area (Å²) in [5.41, 5.74) is 1.23. The maximum absolute atomic E-state index is 5.81. The van der Waals surface area contributed by atoms with Crippen LogP contribution in [0.5, 0.6) is 5.75 Å². The highest BCUT2D eigenvalue weighted by Crippen LogP contribution is 2.18. The number of nitrogens with one attached hydrogen (secondary N) is 1. The van der Waals surface area contributed by atoms with Gasteiger partial charge in [0.1, 0.15) is 5.75 Å². The van der Waals surface area contributed by atoms with Gasteiger partial charge in [0.15, 0.2) is 0 Å². The van der Waals surface area contributed by atoms with Crippen LogP contribution in [0.2, 0.25) is 0 Å². The first-order valence-electron chi connectivity index (χ1n) is 6.25. The Morgan fingerprint density at radius 3 is 3.00 bits per heavy atom. The van der Waals surface area contributed by atoms with Gasteiger partial charge in [-0.05, 0) is 56.8 Å². The maximum atomic E-state index is 5.81. The molecule has 16 heavy (non-hydrogen) atoms. The maximum Gasteiger partial charge on any atom is 0.122 e. The smallest absolute Gasteiger partial charge is 0.122 e. The molecule has 0 amide bonds.